The van der Waals surface area contributed by atoms with E-state index in [0.717, 1.165) is 24.2 Å². The van der Waals surface area contributed by atoms with Gasteiger partial charge in [-0.05, 0) is 55.1 Å². The van der Waals surface area contributed by atoms with Gasteiger partial charge in [-0.25, -0.2) is 0 Å². The molecule has 0 spiro atoms. The zero-order valence-corrected chi connectivity index (χ0v) is 12.0. The second kappa shape index (κ2) is 5.88. The third kappa shape index (κ3) is 3.14. The third-order valence-electron chi connectivity index (χ3n) is 4.96. The van der Waals surface area contributed by atoms with Crippen LogP contribution >= 0.6 is 0 Å². The molecule has 18 heavy (non-hydrogen) atoms. The minimum Gasteiger partial charge on any atom is -0.327 e. The van der Waals surface area contributed by atoms with Crippen LogP contribution in [0.15, 0.2) is 24.3 Å². The summed E-state index contributed by atoms with van der Waals surface area (Å²) in [7, 11) is 0. The van der Waals surface area contributed by atoms with Gasteiger partial charge in [0.05, 0.1) is 0 Å². The van der Waals surface area contributed by atoms with E-state index < -0.39 is 0 Å². The van der Waals surface area contributed by atoms with Crippen molar-refractivity contribution in [2.75, 3.05) is 0 Å². The van der Waals surface area contributed by atoms with Gasteiger partial charge in [0.15, 0.2) is 0 Å². The van der Waals surface area contributed by atoms with Crippen LogP contribution in [0.25, 0.3) is 0 Å². The van der Waals surface area contributed by atoms with E-state index in [4.69, 9.17) is 5.73 Å². The molecule has 0 saturated heterocycles. The predicted molar refractivity (Wildman–Crippen MR) is 78.5 cm³/mol. The topological polar surface area (TPSA) is 26.0 Å². The second-order valence-corrected chi connectivity index (χ2v) is 6.32. The fourth-order valence-electron chi connectivity index (χ4n) is 3.24. The molecule has 1 aliphatic carbocycles. The minimum absolute atomic E-state index is 0.334. The van der Waals surface area contributed by atoms with E-state index in [9.17, 15) is 0 Å². The van der Waals surface area contributed by atoms with Gasteiger partial charge in [0, 0.05) is 6.04 Å². The highest BCUT2D eigenvalue weighted by Gasteiger charge is 2.28. The van der Waals surface area contributed by atoms with Crippen molar-refractivity contribution in [1.29, 1.82) is 0 Å². The van der Waals surface area contributed by atoms with Crippen LogP contribution < -0.4 is 5.73 Å². The lowest BCUT2D eigenvalue weighted by atomic mass is 9.72. The number of hydrogen-bond donors (Lipinski definition) is 1. The maximum absolute atomic E-state index is 6.46. The number of nitrogens with two attached hydrogens (primary N) is 1. The van der Waals surface area contributed by atoms with Crippen LogP contribution in [0.5, 0.6) is 0 Å². The molecule has 1 heteroatoms. The monoisotopic (exact) mass is 245 g/mol. The van der Waals surface area contributed by atoms with Gasteiger partial charge in [-0.15, -0.1) is 0 Å². The molecule has 1 fully saturated rings. The molecule has 0 radical (unpaired) electrons. The fourth-order valence-corrected chi connectivity index (χ4v) is 3.24. The van der Waals surface area contributed by atoms with E-state index in [1.807, 2.05) is 0 Å². The summed E-state index contributed by atoms with van der Waals surface area (Å²) in [6.45, 7) is 6.96. The molecule has 1 aromatic carbocycles. The van der Waals surface area contributed by atoms with Gasteiger partial charge >= 0.3 is 0 Å². The van der Waals surface area contributed by atoms with Crippen LogP contribution in [0.1, 0.15) is 44.2 Å². The van der Waals surface area contributed by atoms with Crippen molar-refractivity contribution in [3.05, 3.63) is 35.4 Å². The van der Waals surface area contributed by atoms with E-state index in [1.165, 1.54) is 30.4 Å². The minimum atomic E-state index is 0.334. The summed E-state index contributed by atoms with van der Waals surface area (Å²) in [5.41, 5.74) is 9.26. The average molecular weight is 245 g/mol. The zero-order valence-electron chi connectivity index (χ0n) is 12.0. The van der Waals surface area contributed by atoms with E-state index >= 15 is 0 Å². The summed E-state index contributed by atoms with van der Waals surface area (Å²) in [5, 5.41) is 0. The van der Waals surface area contributed by atoms with E-state index in [-0.39, 0.29) is 0 Å². The Labute approximate surface area is 112 Å². The first kappa shape index (κ1) is 13.6. The Morgan fingerprint density at radius 3 is 2.56 bits per heavy atom. The highest BCUT2D eigenvalue weighted by atomic mass is 14.7. The standard InChI is InChI=1S/C17H27N/c1-12-8-9-16(10-14(12)3)17(18)11-15-7-5-4-6-13(15)2/h4-7,12,14,16-17H,8-11,18H2,1-3H3. The summed E-state index contributed by atoms with van der Waals surface area (Å²) in [5.74, 6) is 2.44. The Bertz CT molecular complexity index is 385. The van der Waals surface area contributed by atoms with Gasteiger partial charge in [-0.3, -0.25) is 0 Å². The van der Waals surface area contributed by atoms with Crippen molar-refractivity contribution in [2.45, 2.75) is 52.5 Å². The molecule has 2 N–H and O–H groups in total. The first-order chi connectivity index (χ1) is 8.58. The SMILES string of the molecule is Cc1ccccc1CC(N)C1CCC(C)C(C)C1. The van der Waals surface area contributed by atoms with Crippen LogP contribution in [-0.2, 0) is 6.42 Å². The van der Waals surface area contributed by atoms with Crippen molar-refractivity contribution in [3.63, 3.8) is 0 Å². The molecule has 0 bridgehead atoms. The number of rotatable bonds is 3. The molecule has 0 aliphatic heterocycles. The molecule has 4 atom stereocenters. The van der Waals surface area contributed by atoms with Gasteiger partial charge in [0.25, 0.3) is 0 Å². The molecule has 1 saturated carbocycles. The van der Waals surface area contributed by atoms with E-state index in [2.05, 4.69) is 45.0 Å². The van der Waals surface area contributed by atoms with Gasteiger partial charge in [0.2, 0.25) is 0 Å². The van der Waals surface area contributed by atoms with E-state index in [0.29, 0.717) is 6.04 Å². The van der Waals surface area contributed by atoms with Crippen molar-refractivity contribution >= 4 is 0 Å². The Morgan fingerprint density at radius 2 is 1.89 bits per heavy atom. The van der Waals surface area contributed by atoms with Crippen LogP contribution in [-0.4, -0.2) is 6.04 Å². The molecule has 1 nitrogen and oxygen atoms in total. The van der Waals surface area contributed by atoms with Crippen LogP contribution in [0.2, 0.25) is 0 Å². The second-order valence-electron chi connectivity index (χ2n) is 6.32. The van der Waals surface area contributed by atoms with Crippen LogP contribution in [0, 0.1) is 24.7 Å². The predicted octanol–water partition coefficient (Wildman–Crippen LogP) is 3.94. The van der Waals surface area contributed by atoms with Crippen molar-refractivity contribution in [1.82, 2.24) is 0 Å². The van der Waals surface area contributed by atoms with Gasteiger partial charge in [-0.1, -0.05) is 44.5 Å². The van der Waals surface area contributed by atoms with Crippen molar-refractivity contribution in [2.24, 2.45) is 23.5 Å². The summed E-state index contributed by atoms with van der Waals surface area (Å²) in [6.07, 6.45) is 5.03. The molecule has 2 rings (SSSR count). The summed E-state index contributed by atoms with van der Waals surface area (Å²) in [6, 6.07) is 8.98. The molecule has 1 aromatic rings. The molecular formula is C17H27N. The number of benzene rings is 1. The van der Waals surface area contributed by atoms with Gasteiger partial charge in [0.1, 0.15) is 0 Å². The smallest absolute Gasteiger partial charge is 0.0108 e. The van der Waals surface area contributed by atoms with Gasteiger partial charge < -0.3 is 5.73 Å². The summed E-state index contributed by atoms with van der Waals surface area (Å²) < 4.78 is 0. The molecule has 0 heterocycles. The number of aryl methyl sites for hydroxylation is 1. The normalized spacial score (nSPS) is 30.1. The molecule has 100 valence electrons. The Kier molecular flexibility index (Phi) is 4.45. The fraction of sp³-hybridized carbons (Fsp3) is 0.647. The molecule has 4 unspecified atom stereocenters. The zero-order chi connectivity index (χ0) is 13.1. The quantitative estimate of drug-likeness (QED) is 0.857. The Balaban J connectivity index is 1.96. The van der Waals surface area contributed by atoms with Crippen LogP contribution in [0.4, 0.5) is 0 Å². The first-order valence-electron chi connectivity index (χ1n) is 7.38. The largest absolute Gasteiger partial charge is 0.327 e. The Hall–Kier alpha value is -0.820. The number of hydrogen-bond acceptors (Lipinski definition) is 1. The maximum atomic E-state index is 6.46. The first-order valence-corrected chi connectivity index (χ1v) is 7.38. The Morgan fingerprint density at radius 1 is 1.17 bits per heavy atom. The lowest BCUT2D eigenvalue weighted by molar-refractivity contribution is 0.185. The average Bonchev–Trinajstić information content (AvgIpc) is 2.35. The maximum Gasteiger partial charge on any atom is 0.0108 e. The van der Waals surface area contributed by atoms with E-state index in [1.54, 1.807) is 0 Å². The van der Waals surface area contributed by atoms with Gasteiger partial charge in [-0.2, -0.15) is 0 Å². The lowest BCUT2D eigenvalue weighted by Gasteiger charge is -2.35. The molecular weight excluding hydrogens is 218 g/mol. The molecule has 0 amide bonds. The molecule has 0 aromatic heterocycles. The molecule has 1 aliphatic rings. The van der Waals surface area contributed by atoms with Crippen molar-refractivity contribution in [3.8, 4) is 0 Å². The highest BCUT2D eigenvalue weighted by Crippen LogP contribution is 2.35. The van der Waals surface area contributed by atoms with Crippen molar-refractivity contribution < 1.29 is 0 Å². The summed E-state index contributed by atoms with van der Waals surface area (Å²) >= 11 is 0. The summed E-state index contributed by atoms with van der Waals surface area (Å²) in [4.78, 5) is 0. The third-order valence-corrected chi connectivity index (χ3v) is 4.96. The lowest BCUT2D eigenvalue weighted by Crippen LogP contribution is -2.37. The highest BCUT2D eigenvalue weighted by molar-refractivity contribution is 5.26. The van der Waals surface area contributed by atoms with Crippen LogP contribution in [0.3, 0.4) is 0 Å².